The number of rotatable bonds is 5. The molecule has 0 atom stereocenters. The molecular formula is C13H13N3O4S. The molecule has 1 aromatic heterocycles. The van der Waals surface area contributed by atoms with Gasteiger partial charge in [0.1, 0.15) is 0 Å². The van der Waals surface area contributed by atoms with Crippen molar-refractivity contribution in [2.75, 3.05) is 6.61 Å². The molecule has 0 radical (unpaired) electrons. The Hall–Kier alpha value is -2.21. The summed E-state index contributed by atoms with van der Waals surface area (Å²) in [6.45, 7) is -0.0868. The van der Waals surface area contributed by atoms with E-state index >= 15 is 0 Å². The highest BCUT2D eigenvalue weighted by atomic mass is 32.2. The van der Waals surface area contributed by atoms with Gasteiger partial charge in [-0.3, -0.25) is 0 Å². The first-order chi connectivity index (χ1) is 10.1. The quantitative estimate of drug-likeness (QED) is 0.769. The summed E-state index contributed by atoms with van der Waals surface area (Å²) in [7, 11) is -3.68. The monoisotopic (exact) mass is 307 g/mol. The van der Waals surface area contributed by atoms with Crippen LogP contribution in [0.4, 0.5) is 0 Å². The molecule has 0 unspecified atom stereocenters. The van der Waals surface area contributed by atoms with Gasteiger partial charge in [-0.25, -0.2) is 13.1 Å². The number of benzene rings is 1. The molecule has 0 spiro atoms. The molecule has 2 aromatic rings. The van der Waals surface area contributed by atoms with Crippen LogP contribution in [-0.4, -0.2) is 30.3 Å². The van der Waals surface area contributed by atoms with Crippen LogP contribution in [0.15, 0.2) is 40.1 Å². The fraction of sp³-hybridized carbons (Fsp3) is 0.231. The van der Waals surface area contributed by atoms with E-state index in [-0.39, 0.29) is 23.9 Å². The Morgan fingerprint density at radius 3 is 2.95 bits per heavy atom. The minimum atomic E-state index is -3.68. The summed E-state index contributed by atoms with van der Waals surface area (Å²) in [5, 5.41) is 12.2. The normalized spacial score (nSPS) is 10.9. The Balaban J connectivity index is 2.12. The first-order valence-electron chi connectivity index (χ1n) is 6.06. The smallest absolute Gasteiger partial charge is 0.241 e. The maximum Gasteiger partial charge on any atom is 0.241 e. The van der Waals surface area contributed by atoms with Gasteiger partial charge in [-0.15, -0.1) is 0 Å². The lowest BCUT2D eigenvalue weighted by molar-refractivity contribution is 0.305. The van der Waals surface area contributed by atoms with E-state index in [4.69, 9.17) is 5.11 Å². The summed E-state index contributed by atoms with van der Waals surface area (Å²) >= 11 is 0. The second kappa shape index (κ2) is 6.99. The average Bonchev–Trinajstić information content (AvgIpc) is 2.99. The van der Waals surface area contributed by atoms with Crippen LogP contribution in [0, 0.1) is 11.8 Å². The van der Waals surface area contributed by atoms with Gasteiger partial charge in [-0.2, -0.15) is 4.98 Å². The minimum absolute atomic E-state index is 0.0305. The fourth-order valence-electron chi connectivity index (χ4n) is 1.47. The van der Waals surface area contributed by atoms with E-state index in [1.165, 1.54) is 12.1 Å². The fourth-order valence-corrected chi connectivity index (χ4v) is 2.50. The molecule has 2 N–H and O–H groups in total. The van der Waals surface area contributed by atoms with Crippen LogP contribution in [0.3, 0.4) is 0 Å². The lowest BCUT2D eigenvalue weighted by Gasteiger charge is -2.05. The standard InChI is InChI=1S/C13H13N3O4S/c17-7-2-1-4-11-5-3-6-12(8-11)21(18,19)15-9-13-14-10-20-16-13/h3,5-6,8,10,15,17H,2,7,9H2. The van der Waals surface area contributed by atoms with Gasteiger partial charge >= 0.3 is 0 Å². The van der Waals surface area contributed by atoms with Crippen molar-refractivity contribution in [3.05, 3.63) is 42.0 Å². The van der Waals surface area contributed by atoms with Crippen molar-refractivity contribution >= 4 is 10.0 Å². The second-order valence-electron chi connectivity index (χ2n) is 3.98. The first kappa shape index (κ1) is 15.2. The van der Waals surface area contributed by atoms with Crippen molar-refractivity contribution in [3.63, 3.8) is 0 Å². The molecule has 0 aliphatic carbocycles. The van der Waals surface area contributed by atoms with Crippen molar-refractivity contribution in [1.82, 2.24) is 14.9 Å². The van der Waals surface area contributed by atoms with Crippen LogP contribution < -0.4 is 4.72 Å². The number of nitrogens with zero attached hydrogens (tertiary/aromatic N) is 2. The Morgan fingerprint density at radius 1 is 1.38 bits per heavy atom. The first-order valence-corrected chi connectivity index (χ1v) is 7.55. The van der Waals surface area contributed by atoms with Gasteiger partial charge in [0.05, 0.1) is 18.0 Å². The topological polar surface area (TPSA) is 105 Å². The third-order valence-electron chi connectivity index (χ3n) is 2.44. The highest BCUT2D eigenvalue weighted by molar-refractivity contribution is 7.89. The lowest BCUT2D eigenvalue weighted by atomic mass is 10.2. The summed E-state index contributed by atoms with van der Waals surface area (Å²) in [5.74, 6) is 5.77. The number of nitrogens with one attached hydrogen (secondary N) is 1. The van der Waals surface area contributed by atoms with Crippen LogP contribution in [0.5, 0.6) is 0 Å². The SMILES string of the molecule is O=S(=O)(NCc1ncon1)c1cccc(C#CCCO)c1. The van der Waals surface area contributed by atoms with Crippen molar-refractivity contribution in [3.8, 4) is 11.8 Å². The molecule has 0 aliphatic heterocycles. The molecule has 110 valence electrons. The van der Waals surface area contributed by atoms with Gasteiger partial charge in [-0.1, -0.05) is 23.1 Å². The van der Waals surface area contributed by atoms with Crippen LogP contribution in [0.2, 0.25) is 0 Å². The Bertz CT molecular complexity index is 745. The molecule has 2 rings (SSSR count). The number of hydrogen-bond acceptors (Lipinski definition) is 6. The molecule has 1 aromatic carbocycles. The van der Waals surface area contributed by atoms with Crippen LogP contribution in [0.1, 0.15) is 17.8 Å². The summed E-state index contributed by atoms with van der Waals surface area (Å²) in [4.78, 5) is 3.83. The van der Waals surface area contributed by atoms with E-state index in [1.54, 1.807) is 12.1 Å². The predicted molar refractivity (Wildman–Crippen MR) is 73.3 cm³/mol. The maximum absolute atomic E-state index is 12.1. The number of sulfonamides is 1. The summed E-state index contributed by atoms with van der Waals surface area (Å²) in [6.07, 6.45) is 1.47. The lowest BCUT2D eigenvalue weighted by Crippen LogP contribution is -2.23. The average molecular weight is 307 g/mol. The Labute approximate surface area is 122 Å². The number of aliphatic hydroxyl groups is 1. The number of aromatic nitrogens is 2. The Morgan fingerprint density at radius 2 is 2.24 bits per heavy atom. The van der Waals surface area contributed by atoms with Gasteiger partial charge in [0.25, 0.3) is 0 Å². The van der Waals surface area contributed by atoms with Gasteiger partial charge < -0.3 is 9.63 Å². The molecular weight excluding hydrogens is 294 g/mol. The largest absolute Gasteiger partial charge is 0.395 e. The molecule has 0 fully saturated rings. The van der Waals surface area contributed by atoms with Gasteiger partial charge in [0, 0.05) is 12.0 Å². The third-order valence-corrected chi connectivity index (χ3v) is 3.84. The molecule has 0 aliphatic rings. The molecule has 0 saturated carbocycles. The number of hydrogen-bond donors (Lipinski definition) is 2. The highest BCUT2D eigenvalue weighted by Gasteiger charge is 2.14. The van der Waals surface area contributed by atoms with E-state index < -0.39 is 10.0 Å². The Kier molecular flexibility index (Phi) is 5.05. The predicted octanol–water partition coefficient (Wildman–Crippen LogP) is 0.282. The van der Waals surface area contributed by atoms with E-state index in [2.05, 4.69) is 31.2 Å². The van der Waals surface area contributed by atoms with Gasteiger partial charge in [0.15, 0.2) is 5.82 Å². The molecule has 1 heterocycles. The molecule has 8 heteroatoms. The summed E-state index contributed by atoms with van der Waals surface area (Å²) < 4.78 is 31.1. The highest BCUT2D eigenvalue weighted by Crippen LogP contribution is 2.11. The van der Waals surface area contributed by atoms with Crippen molar-refractivity contribution < 1.29 is 18.0 Å². The van der Waals surface area contributed by atoms with Gasteiger partial charge in [-0.05, 0) is 18.2 Å². The van der Waals surface area contributed by atoms with Crippen molar-refractivity contribution in [2.45, 2.75) is 17.9 Å². The van der Waals surface area contributed by atoms with Crippen molar-refractivity contribution in [1.29, 1.82) is 0 Å². The summed E-state index contributed by atoms with van der Waals surface area (Å²) in [6, 6.07) is 6.23. The molecule has 7 nitrogen and oxygen atoms in total. The third kappa shape index (κ3) is 4.39. The number of aliphatic hydroxyl groups excluding tert-OH is 1. The van der Waals surface area contributed by atoms with E-state index in [0.29, 0.717) is 12.0 Å². The molecule has 0 amide bonds. The molecule has 0 bridgehead atoms. The van der Waals surface area contributed by atoms with Crippen molar-refractivity contribution in [2.24, 2.45) is 0 Å². The van der Waals surface area contributed by atoms with Crippen LogP contribution in [0.25, 0.3) is 0 Å². The van der Waals surface area contributed by atoms with E-state index in [9.17, 15) is 8.42 Å². The van der Waals surface area contributed by atoms with E-state index in [1.807, 2.05) is 0 Å². The van der Waals surface area contributed by atoms with Crippen LogP contribution in [-0.2, 0) is 16.6 Å². The summed E-state index contributed by atoms with van der Waals surface area (Å²) in [5.41, 5.74) is 0.561. The van der Waals surface area contributed by atoms with E-state index in [0.717, 1.165) is 6.39 Å². The maximum atomic E-state index is 12.1. The zero-order valence-electron chi connectivity index (χ0n) is 11.0. The zero-order valence-corrected chi connectivity index (χ0v) is 11.8. The molecule has 21 heavy (non-hydrogen) atoms. The van der Waals surface area contributed by atoms with Gasteiger partial charge in [0.2, 0.25) is 16.4 Å². The zero-order chi connectivity index (χ0) is 15.1. The second-order valence-corrected chi connectivity index (χ2v) is 5.74. The minimum Gasteiger partial charge on any atom is -0.395 e. The molecule has 0 saturated heterocycles. The van der Waals surface area contributed by atoms with Crippen LogP contribution >= 0.6 is 0 Å².